The van der Waals surface area contributed by atoms with Gasteiger partial charge in [0.1, 0.15) is 5.60 Å². The van der Waals surface area contributed by atoms with Gasteiger partial charge in [-0.25, -0.2) is 4.79 Å². The highest BCUT2D eigenvalue weighted by atomic mass is 16.6. The molecule has 1 atom stereocenters. The van der Waals surface area contributed by atoms with Gasteiger partial charge in [-0.3, -0.25) is 0 Å². The molecule has 5 heteroatoms. The number of carbonyl (C=O) groups is 1. The number of piperidine rings is 1. The van der Waals surface area contributed by atoms with Gasteiger partial charge >= 0.3 is 6.09 Å². The average Bonchev–Trinajstić information content (AvgIpc) is 2.71. The Morgan fingerprint density at radius 2 is 1.83 bits per heavy atom. The highest BCUT2D eigenvalue weighted by molar-refractivity contribution is 5.68. The van der Waals surface area contributed by atoms with Gasteiger partial charge in [0.05, 0.1) is 5.60 Å². The van der Waals surface area contributed by atoms with Gasteiger partial charge in [-0.05, 0) is 52.9 Å². The SMILES string of the molecule is CC(C)(C)OC(=O)N1CCCCC1CNCC1(O)CCCCCC1. The van der Waals surface area contributed by atoms with Crippen LogP contribution in [0.25, 0.3) is 0 Å². The van der Waals surface area contributed by atoms with Gasteiger partial charge in [0.15, 0.2) is 0 Å². The number of amides is 1. The lowest BCUT2D eigenvalue weighted by atomic mass is 9.94. The first kappa shape index (κ1) is 19.5. The van der Waals surface area contributed by atoms with Crippen LogP contribution in [0.1, 0.15) is 78.6 Å². The summed E-state index contributed by atoms with van der Waals surface area (Å²) < 4.78 is 5.55. The normalized spacial score (nSPS) is 25.2. The molecule has 1 saturated carbocycles. The molecule has 1 saturated heterocycles. The van der Waals surface area contributed by atoms with Crippen molar-refractivity contribution in [2.45, 2.75) is 95.8 Å². The number of ether oxygens (including phenoxy) is 1. The largest absolute Gasteiger partial charge is 0.444 e. The van der Waals surface area contributed by atoms with Crippen molar-refractivity contribution in [1.29, 1.82) is 0 Å². The molecule has 2 fully saturated rings. The maximum atomic E-state index is 12.4. The van der Waals surface area contributed by atoms with Crippen molar-refractivity contribution in [2.24, 2.45) is 0 Å². The van der Waals surface area contributed by atoms with E-state index in [1.165, 1.54) is 12.8 Å². The Balaban J connectivity index is 1.83. The number of nitrogens with zero attached hydrogens (tertiary/aromatic N) is 1. The smallest absolute Gasteiger partial charge is 0.410 e. The summed E-state index contributed by atoms with van der Waals surface area (Å²) in [5.74, 6) is 0. The Bertz CT molecular complexity index is 398. The Morgan fingerprint density at radius 3 is 2.46 bits per heavy atom. The molecule has 5 nitrogen and oxygen atoms in total. The Kier molecular flexibility index (Phi) is 6.93. The van der Waals surface area contributed by atoms with Crippen molar-refractivity contribution >= 4 is 6.09 Å². The fraction of sp³-hybridized carbons (Fsp3) is 0.947. The first-order valence-electron chi connectivity index (χ1n) is 9.72. The third-order valence-electron chi connectivity index (χ3n) is 5.12. The van der Waals surface area contributed by atoms with E-state index in [-0.39, 0.29) is 12.1 Å². The van der Waals surface area contributed by atoms with Crippen LogP contribution in [-0.2, 0) is 4.74 Å². The van der Waals surface area contributed by atoms with E-state index in [2.05, 4.69) is 5.32 Å². The van der Waals surface area contributed by atoms with Crippen molar-refractivity contribution in [1.82, 2.24) is 10.2 Å². The second kappa shape index (κ2) is 8.52. The number of nitrogens with one attached hydrogen (secondary N) is 1. The summed E-state index contributed by atoms with van der Waals surface area (Å²) in [6.45, 7) is 7.86. The molecule has 1 aliphatic heterocycles. The highest BCUT2D eigenvalue weighted by Gasteiger charge is 2.32. The lowest BCUT2D eigenvalue weighted by molar-refractivity contribution is 0.00623. The molecule has 0 radical (unpaired) electrons. The molecule has 1 heterocycles. The summed E-state index contributed by atoms with van der Waals surface area (Å²) in [7, 11) is 0. The number of hydrogen-bond donors (Lipinski definition) is 2. The summed E-state index contributed by atoms with van der Waals surface area (Å²) in [6.07, 6.45) is 9.47. The third kappa shape index (κ3) is 6.25. The van der Waals surface area contributed by atoms with Gasteiger partial charge in [0.2, 0.25) is 0 Å². The molecule has 1 unspecified atom stereocenters. The fourth-order valence-electron chi connectivity index (χ4n) is 3.81. The van der Waals surface area contributed by atoms with Gasteiger partial charge in [-0.2, -0.15) is 0 Å². The topological polar surface area (TPSA) is 61.8 Å². The van der Waals surface area contributed by atoms with E-state index in [1.807, 2.05) is 25.7 Å². The van der Waals surface area contributed by atoms with Crippen LogP contribution in [0.15, 0.2) is 0 Å². The maximum Gasteiger partial charge on any atom is 0.410 e. The van der Waals surface area contributed by atoms with E-state index in [4.69, 9.17) is 4.74 Å². The second-order valence-electron chi connectivity index (χ2n) is 8.59. The summed E-state index contributed by atoms with van der Waals surface area (Å²) >= 11 is 0. The standard InChI is InChI=1S/C19H36N2O3/c1-18(2,3)24-17(22)21-13-9-6-10-16(21)14-20-15-19(23)11-7-4-5-8-12-19/h16,20,23H,4-15H2,1-3H3. The van der Waals surface area contributed by atoms with Crippen LogP contribution in [0.5, 0.6) is 0 Å². The molecular formula is C19H36N2O3. The van der Waals surface area contributed by atoms with Crippen LogP contribution >= 0.6 is 0 Å². The molecule has 2 rings (SSSR count). The minimum Gasteiger partial charge on any atom is -0.444 e. The second-order valence-corrected chi connectivity index (χ2v) is 8.59. The molecule has 24 heavy (non-hydrogen) atoms. The zero-order chi connectivity index (χ0) is 17.6. The van der Waals surface area contributed by atoms with E-state index in [9.17, 15) is 9.90 Å². The van der Waals surface area contributed by atoms with Crippen molar-refractivity contribution in [3.63, 3.8) is 0 Å². The molecule has 0 aromatic heterocycles. The van der Waals surface area contributed by atoms with Crippen molar-refractivity contribution in [3.05, 3.63) is 0 Å². The van der Waals surface area contributed by atoms with Crippen LogP contribution in [0.4, 0.5) is 4.79 Å². The molecular weight excluding hydrogens is 304 g/mol. The molecule has 2 N–H and O–H groups in total. The van der Waals surface area contributed by atoms with E-state index in [0.29, 0.717) is 6.54 Å². The quantitative estimate of drug-likeness (QED) is 0.770. The predicted octanol–water partition coefficient (Wildman–Crippen LogP) is 3.45. The number of hydrogen-bond acceptors (Lipinski definition) is 4. The number of carbonyl (C=O) groups excluding carboxylic acids is 1. The highest BCUT2D eigenvalue weighted by Crippen LogP contribution is 2.26. The summed E-state index contributed by atoms with van der Waals surface area (Å²) in [6, 6.07) is 0.169. The van der Waals surface area contributed by atoms with E-state index < -0.39 is 11.2 Å². The molecule has 1 amide bonds. The van der Waals surface area contributed by atoms with Gasteiger partial charge in [0, 0.05) is 25.7 Å². The Morgan fingerprint density at radius 1 is 1.17 bits per heavy atom. The van der Waals surface area contributed by atoms with Crippen LogP contribution in [0.2, 0.25) is 0 Å². The third-order valence-corrected chi connectivity index (χ3v) is 5.12. The van der Waals surface area contributed by atoms with E-state index in [1.54, 1.807) is 0 Å². The molecule has 0 aromatic carbocycles. The molecule has 0 spiro atoms. The van der Waals surface area contributed by atoms with E-state index in [0.717, 1.165) is 58.0 Å². The zero-order valence-corrected chi connectivity index (χ0v) is 15.8. The summed E-state index contributed by atoms with van der Waals surface area (Å²) in [5.41, 5.74) is -1.02. The lowest BCUT2D eigenvalue weighted by Gasteiger charge is -2.37. The molecule has 140 valence electrons. The summed E-state index contributed by atoms with van der Waals surface area (Å²) in [4.78, 5) is 14.3. The Labute approximate surface area is 147 Å². The number of aliphatic hydroxyl groups is 1. The molecule has 0 bridgehead atoms. The molecule has 0 aromatic rings. The molecule has 1 aliphatic carbocycles. The monoisotopic (exact) mass is 340 g/mol. The van der Waals surface area contributed by atoms with Gasteiger partial charge in [0.25, 0.3) is 0 Å². The maximum absolute atomic E-state index is 12.4. The minimum atomic E-state index is -0.568. The first-order chi connectivity index (χ1) is 11.3. The van der Waals surface area contributed by atoms with Crippen LogP contribution in [0.3, 0.4) is 0 Å². The molecule has 2 aliphatic rings. The lowest BCUT2D eigenvalue weighted by Crippen LogP contribution is -2.52. The predicted molar refractivity (Wildman–Crippen MR) is 96.1 cm³/mol. The number of likely N-dealkylation sites (tertiary alicyclic amines) is 1. The van der Waals surface area contributed by atoms with Crippen LogP contribution in [0, 0.1) is 0 Å². The Hall–Kier alpha value is -0.810. The van der Waals surface area contributed by atoms with Gasteiger partial charge in [-0.1, -0.05) is 25.7 Å². The van der Waals surface area contributed by atoms with Crippen molar-refractivity contribution < 1.29 is 14.6 Å². The van der Waals surface area contributed by atoms with Gasteiger partial charge < -0.3 is 20.1 Å². The van der Waals surface area contributed by atoms with Crippen LogP contribution < -0.4 is 5.32 Å². The minimum absolute atomic E-state index is 0.169. The van der Waals surface area contributed by atoms with Crippen molar-refractivity contribution in [3.8, 4) is 0 Å². The van der Waals surface area contributed by atoms with Crippen LogP contribution in [-0.4, -0.2) is 53.0 Å². The van der Waals surface area contributed by atoms with E-state index >= 15 is 0 Å². The summed E-state index contributed by atoms with van der Waals surface area (Å²) in [5, 5.41) is 14.2. The van der Waals surface area contributed by atoms with Crippen molar-refractivity contribution in [2.75, 3.05) is 19.6 Å². The van der Waals surface area contributed by atoms with Gasteiger partial charge in [-0.15, -0.1) is 0 Å². The average molecular weight is 341 g/mol. The first-order valence-corrected chi connectivity index (χ1v) is 9.72. The zero-order valence-electron chi connectivity index (χ0n) is 15.8. The fourth-order valence-corrected chi connectivity index (χ4v) is 3.81. The number of rotatable bonds is 4.